The van der Waals surface area contributed by atoms with E-state index in [1.807, 2.05) is 38.1 Å². The molecule has 0 spiro atoms. The fourth-order valence-corrected chi connectivity index (χ4v) is 1.98. The first kappa shape index (κ1) is 14.8. The topological polar surface area (TPSA) is 94.0 Å². The van der Waals surface area contributed by atoms with Crippen LogP contribution >= 0.6 is 0 Å². The summed E-state index contributed by atoms with van der Waals surface area (Å²) in [6, 6.07) is 8.96. The highest BCUT2D eigenvalue weighted by Crippen LogP contribution is 2.20. The van der Waals surface area contributed by atoms with Crippen molar-refractivity contribution in [2.75, 3.05) is 6.61 Å². The Bertz CT molecular complexity index is 705. The van der Waals surface area contributed by atoms with Gasteiger partial charge in [0.05, 0.1) is 17.9 Å². The van der Waals surface area contributed by atoms with Gasteiger partial charge in [-0.2, -0.15) is 5.10 Å². The average Bonchev–Trinajstić information content (AvgIpc) is 2.48. The summed E-state index contributed by atoms with van der Waals surface area (Å²) >= 11 is 0. The van der Waals surface area contributed by atoms with Crippen LogP contribution in [0.1, 0.15) is 19.4 Å². The SMILES string of the molecule is CCOc1ccc(-c2cc(C(=N)N)c(=O)n(CC)n2)cc1. The molecule has 1 aromatic heterocycles. The van der Waals surface area contributed by atoms with Crippen molar-refractivity contribution < 1.29 is 4.74 Å². The second kappa shape index (κ2) is 6.21. The molecule has 0 saturated heterocycles. The second-order valence-electron chi connectivity index (χ2n) is 4.44. The van der Waals surface area contributed by atoms with Crippen LogP contribution in [0.3, 0.4) is 0 Å². The Morgan fingerprint density at radius 1 is 1.33 bits per heavy atom. The maximum Gasteiger partial charge on any atom is 0.277 e. The summed E-state index contributed by atoms with van der Waals surface area (Å²) in [6.45, 7) is 4.77. The number of nitrogens with zero attached hydrogens (tertiary/aromatic N) is 2. The lowest BCUT2D eigenvalue weighted by Gasteiger charge is -2.09. The van der Waals surface area contributed by atoms with E-state index in [0.29, 0.717) is 18.8 Å². The largest absolute Gasteiger partial charge is 0.494 e. The third-order valence-electron chi connectivity index (χ3n) is 3.03. The number of aromatic nitrogens is 2. The third kappa shape index (κ3) is 3.10. The van der Waals surface area contributed by atoms with Gasteiger partial charge in [0.15, 0.2) is 0 Å². The minimum atomic E-state index is -0.348. The minimum Gasteiger partial charge on any atom is -0.494 e. The first-order chi connectivity index (χ1) is 10.1. The zero-order chi connectivity index (χ0) is 15.4. The van der Waals surface area contributed by atoms with Gasteiger partial charge in [-0.05, 0) is 44.2 Å². The molecule has 0 saturated carbocycles. The van der Waals surface area contributed by atoms with Crippen LogP contribution < -0.4 is 16.0 Å². The number of benzene rings is 1. The molecule has 0 amide bonds. The summed E-state index contributed by atoms with van der Waals surface area (Å²) in [6.07, 6.45) is 0. The van der Waals surface area contributed by atoms with Crippen LogP contribution in [0.4, 0.5) is 0 Å². The van der Waals surface area contributed by atoms with Crippen LogP contribution in [0.25, 0.3) is 11.3 Å². The van der Waals surface area contributed by atoms with Gasteiger partial charge < -0.3 is 10.5 Å². The van der Waals surface area contributed by atoms with Crippen molar-refractivity contribution in [3.05, 3.63) is 46.2 Å². The van der Waals surface area contributed by atoms with E-state index in [4.69, 9.17) is 15.9 Å². The number of hydrogen-bond donors (Lipinski definition) is 2. The lowest BCUT2D eigenvalue weighted by atomic mass is 10.1. The molecule has 6 nitrogen and oxygen atoms in total. The smallest absolute Gasteiger partial charge is 0.277 e. The summed E-state index contributed by atoms with van der Waals surface area (Å²) in [7, 11) is 0. The van der Waals surface area contributed by atoms with Gasteiger partial charge in [0.2, 0.25) is 0 Å². The van der Waals surface area contributed by atoms with E-state index in [-0.39, 0.29) is 17.0 Å². The van der Waals surface area contributed by atoms with E-state index in [1.54, 1.807) is 6.07 Å². The van der Waals surface area contributed by atoms with Gasteiger partial charge in [-0.25, -0.2) is 4.68 Å². The standard InChI is InChI=1S/C15H18N4O2/c1-3-19-15(20)12(14(16)17)9-13(18-19)10-5-7-11(8-6-10)21-4-2/h5-9H,3-4H2,1-2H3,(H3,16,17). The van der Waals surface area contributed by atoms with Crippen molar-refractivity contribution >= 4 is 5.84 Å². The summed E-state index contributed by atoms with van der Waals surface area (Å²) in [5.41, 5.74) is 6.72. The molecule has 1 aromatic carbocycles. The highest BCUT2D eigenvalue weighted by molar-refractivity contribution is 5.95. The lowest BCUT2D eigenvalue weighted by molar-refractivity contribution is 0.340. The highest BCUT2D eigenvalue weighted by Gasteiger charge is 2.11. The molecule has 0 aliphatic carbocycles. The van der Waals surface area contributed by atoms with E-state index in [1.165, 1.54) is 4.68 Å². The number of ether oxygens (including phenoxy) is 1. The van der Waals surface area contributed by atoms with Crippen LogP contribution in [0.5, 0.6) is 5.75 Å². The van der Waals surface area contributed by atoms with Crippen LogP contribution in [-0.2, 0) is 6.54 Å². The van der Waals surface area contributed by atoms with Gasteiger partial charge in [-0.15, -0.1) is 0 Å². The zero-order valence-corrected chi connectivity index (χ0v) is 12.1. The average molecular weight is 286 g/mol. The first-order valence-corrected chi connectivity index (χ1v) is 6.76. The molecule has 110 valence electrons. The molecule has 0 radical (unpaired) electrons. The molecule has 3 N–H and O–H groups in total. The monoisotopic (exact) mass is 286 g/mol. The molecule has 1 heterocycles. The first-order valence-electron chi connectivity index (χ1n) is 6.76. The Morgan fingerprint density at radius 2 is 2.00 bits per heavy atom. The molecule has 0 fully saturated rings. The lowest BCUT2D eigenvalue weighted by Crippen LogP contribution is -2.31. The maximum absolute atomic E-state index is 12.0. The molecule has 2 aromatic rings. The van der Waals surface area contributed by atoms with Gasteiger partial charge in [-0.3, -0.25) is 10.2 Å². The summed E-state index contributed by atoms with van der Waals surface area (Å²) in [4.78, 5) is 12.0. The Hall–Kier alpha value is -2.63. The third-order valence-corrected chi connectivity index (χ3v) is 3.03. The predicted molar refractivity (Wildman–Crippen MR) is 81.8 cm³/mol. The Balaban J connectivity index is 2.50. The van der Waals surface area contributed by atoms with Crippen molar-refractivity contribution in [2.24, 2.45) is 5.73 Å². The van der Waals surface area contributed by atoms with Crippen LogP contribution in [0, 0.1) is 5.41 Å². The highest BCUT2D eigenvalue weighted by atomic mass is 16.5. The van der Waals surface area contributed by atoms with E-state index in [0.717, 1.165) is 11.3 Å². The zero-order valence-electron chi connectivity index (χ0n) is 12.1. The van der Waals surface area contributed by atoms with E-state index in [2.05, 4.69) is 5.10 Å². The molecular formula is C15H18N4O2. The van der Waals surface area contributed by atoms with Crippen molar-refractivity contribution in [1.29, 1.82) is 5.41 Å². The number of nitrogens with one attached hydrogen (secondary N) is 1. The molecule has 0 atom stereocenters. The molecule has 0 aliphatic heterocycles. The molecule has 21 heavy (non-hydrogen) atoms. The van der Waals surface area contributed by atoms with Gasteiger partial charge in [0, 0.05) is 12.1 Å². The fourth-order valence-electron chi connectivity index (χ4n) is 1.98. The van der Waals surface area contributed by atoms with Crippen molar-refractivity contribution in [3.63, 3.8) is 0 Å². The molecule has 2 rings (SSSR count). The number of rotatable bonds is 5. The van der Waals surface area contributed by atoms with E-state index >= 15 is 0 Å². The summed E-state index contributed by atoms with van der Waals surface area (Å²) in [5, 5.41) is 11.8. The van der Waals surface area contributed by atoms with Crippen LogP contribution in [0.2, 0.25) is 0 Å². The molecule has 0 aliphatic rings. The van der Waals surface area contributed by atoms with Crippen molar-refractivity contribution in [2.45, 2.75) is 20.4 Å². The summed E-state index contributed by atoms with van der Waals surface area (Å²) in [5.74, 6) is 0.522. The number of hydrogen-bond acceptors (Lipinski definition) is 4. The minimum absolute atomic E-state index is 0.163. The van der Waals surface area contributed by atoms with Gasteiger partial charge in [0.1, 0.15) is 11.6 Å². The quantitative estimate of drug-likeness (QED) is 0.645. The number of aryl methyl sites for hydroxylation is 1. The maximum atomic E-state index is 12.0. The van der Waals surface area contributed by atoms with Gasteiger partial charge in [-0.1, -0.05) is 0 Å². The van der Waals surface area contributed by atoms with Crippen molar-refractivity contribution in [3.8, 4) is 17.0 Å². The molecule has 0 unspecified atom stereocenters. The molecule has 6 heteroatoms. The Kier molecular flexibility index (Phi) is 4.37. The molecular weight excluding hydrogens is 268 g/mol. The van der Waals surface area contributed by atoms with Crippen LogP contribution in [0.15, 0.2) is 35.1 Å². The van der Waals surface area contributed by atoms with Crippen LogP contribution in [-0.4, -0.2) is 22.2 Å². The van der Waals surface area contributed by atoms with Crippen molar-refractivity contribution in [1.82, 2.24) is 9.78 Å². The van der Waals surface area contributed by atoms with E-state index < -0.39 is 0 Å². The Labute approximate surface area is 122 Å². The predicted octanol–water partition coefficient (Wildman–Crippen LogP) is 1.61. The fraction of sp³-hybridized carbons (Fsp3) is 0.267. The number of nitrogens with two attached hydrogens (primary N) is 1. The second-order valence-corrected chi connectivity index (χ2v) is 4.44. The number of amidine groups is 1. The Morgan fingerprint density at radius 3 is 2.52 bits per heavy atom. The normalized spacial score (nSPS) is 10.4. The van der Waals surface area contributed by atoms with Gasteiger partial charge >= 0.3 is 0 Å². The van der Waals surface area contributed by atoms with Gasteiger partial charge in [0.25, 0.3) is 5.56 Å². The molecule has 0 bridgehead atoms. The number of nitrogen functional groups attached to an aromatic ring is 1. The summed E-state index contributed by atoms with van der Waals surface area (Å²) < 4.78 is 6.70. The van der Waals surface area contributed by atoms with E-state index in [9.17, 15) is 4.79 Å².